The van der Waals surface area contributed by atoms with Crippen LogP contribution in [-0.2, 0) is 22.3 Å². The van der Waals surface area contributed by atoms with Crippen molar-refractivity contribution in [2.24, 2.45) is 10.7 Å². The highest BCUT2D eigenvalue weighted by atomic mass is 16.7. The van der Waals surface area contributed by atoms with Gasteiger partial charge in [-0.2, -0.15) is 0 Å². The number of rotatable bonds is 14. The van der Waals surface area contributed by atoms with Gasteiger partial charge in [-0.15, -0.1) is 0 Å². The third kappa shape index (κ3) is 9.06. The quantitative estimate of drug-likeness (QED) is 0.0473. The number of phenols is 1. The van der Waals surface area contributed by atoms with E-state index in [4.69, 9.17) is 34.2 Å². The van der Waals surface area contributed by atoms with Gasteiger partial charge in [0.15, 0.2) is 35.7 Å². The van der Waals surface area contributed by atoms with Crippen LogP contribution in [0.1, 0.15) is 45.2 Å². The molecule has 6 atom stereocenters. The van der Waals surface area contributed by atoms with Crippen LogP contribution in [-0.4, -0.2) is 125 Å². The summed E-state index contributed by atoms with van der Waals surface area (Å²) < 4.78 is 35.0. The summed E-state index contributed by atoms with van der Waals surface area (Å²) in [7, 11) is 2.74. The summed E-state index contributed by atoms with van der Waals surface area (Å²) in [6, 6.07) is 12.7. The highest BCUT2D eigenvalue weighted by Gasteiger charge is 2.56. The number of carboxylic acids is 1. The Balaban J connectivity index is 1.45. The van der Waals surface area contributed by atoms with Crippen LogP contribution in [0.2, 0.25) is 0 Å². The summed E-state index contributed by atoms with van der Waals surface area (Å²) in [6.45, 7) is 0.524. The Morgan fingerprint density at radius 1 is 1.09 bits per heavy atom. The summed E-state index contributed by atoms with van der Waals surface area (Å²) in [5, 5.41) is 69.8. The number of carbonyl (C=O) groups excluding carboxylic acids is 1. The van der Waals surface area contributed by atoms with Gasteiger partial charge in [0.2, 0.25) is 12.0 Å². The number of aliphatic hydroxyl groups is 4. The van der Waals surface area contributed by atoms with Gasteiger partial charge in [-0.25, -0.2) is 9.59 Å². The first kappa shape index (κ1) is 40.7. The Bertz CT molecular complexity index is 1860. The number of fused-ring (bicyclic) bond motifs is 1. The zero-order valence-corrected chi connectivity index (χ0v) is 30.4. The molecule has 18 nitrogen and oxygen atoms in total. The highest BCUT2D eigenvalue weighted by molar-refractivity contribution is 5.95. The van der Waals surface area contributed by atoms with Crippen molar-refractivity contribution in [3.63, 3.8) is 0 Å². The summed E-state index contributed by atoms with van der Waals surface area (Å²) in [5.74, 6) is -2.99. The van der Waals surface area contributed by atoms with Crippen molar-refractivity contribution in [3.05, 3.63) is 70.8 Å². The lowest BCUT2D eigenvalue weighted by Crippen LogP contribution is -2.67. The number of carboxylic acid groups (broad SMARTS) is 1. The number of guanidine groups is 1. The van der Waals surface area contributed by atoms with Gasteiger partial charge in [-0.3, -0.25) is 4.99 Å². The number of aromatic carboxylic acids is 1. The van der Waals surface area contributed by atoms with Crippen molar-refractivity contribution >= 4 is 23.6 Å². The Morgan fingerprint density at radius 2 is 1.84 bits per heavy atom. The molecule has 2 aliphatic rings. The molecule has 3 aromatic rings. The summed E-state index contributed by atoms with van der Waals surface area (Å²) in [5.41, 5.74) is 4.81. The number of nitrogens with one attached hydrogen (secondary N) is 2. The van der Waals surface area contributed by atoms with Crippen molar-refractivity contribution in [3.8, 4) is 28.7 Å². The maximum atomic E-state index is 13.6. The Hall–Kier alpha value is -5.53. The predicted octanol–water partition coefficient (Wildman–Crippen LogP) is 0.743. The molecule has 0 amide bonds. The number of phenolic OH excluding ortho intramolecular Hbond substituents is 1. The van der Waals surface area contributed by atoms with Gasteiger partial charge in [-0.1, -0.05) is 30.3 Å². The molecule has 1 spiro atoms. The molecular formula is C37H46N4O14. The predicted molar refractivity (Wildman–Crippen MR) is 195 cm³/mol. The van der Waals surface area contributed by atoms with Crippen LogP contribution in [0.25, 0.3) is 0 Å². The summed E-state index contributed by atoms with van der Waals surface area (Å²) >= 11 is 0. The van der Waals surface area contributed by atoms with E-state index in [1.54, 1.807) is 6.92 Å². The lowest BCUT2D eigenvalue weighted by molar-refractivity contribution is -0.320. The second kappa shape index (κ2) is 17.7. The molecule has 0 bridgehead atoms. The molecule has 0 aliphatic carbocycles. The number of hydrogen-bond donors (Lipinski definition) is 9. The number of methoxy groups -OCH3 is 1. The largest absolute Gasteiger partial charge is 0.502 e. The van der Waals surface area contributed by atoms with Crippen molar-refractivity contribution in [1.82, 2.24) is 5.32 Å². The first-order chi connectivity index (χ1) is 26.3. The van der Waals surface area contributed by atoms with Crippen molar-refractivity contribution in [2.75, 3.05) is 46.0 Å². The molecule has 2 heterocycles. The number of benzene rings is 3. The van der Waals surface area contributed by atoms with Crippen LogP contribution >= 0.6 is 0 Å². The van der Waals surface area contributed by atoms with Crippen LogP contribution in [0.3, 0.4) is 0 Å². The Morgan fingerprint density at radius 3 is 2.51 bits per heavy atom. The third-order valence-electron chi connectivity index (χ3n) is 9.28. The minimum atomic E-state index is -1.90. The molecule has 2 aliphatic heterocycles. The molecule has 1 saturated heterocycles. The zero-order valence-electron chi connectivity index (χ0n) is 30.4. The van der Waals surface area contributed by atoms with Gasteiger partial charge in [-0.05, 0) is 31.4 Å². The summed E-state index contributed by atoms with van der Waals surface area (Å²) in [4.78, 5) is 29.6. The second-order valence-corrected chi connectivity index (χ2v) is 13.0. The third-order valence-corrected chi connectivity index (χ3v) is 9.28. The molecule has 0 unspecified atom stereocenters. The molecule has 3 aromatic carbocycles. The number of hydrogen-bond acceptors (Lipinski definition) is 15. The highest BCUT2D eigenvalue weighted by Crippen LogP contribution is 2.45. The normalized spacial score (nSPS) is 23.0. The van der Waals surface area contributed by atoms with Gasteiger partial charge in [0.25, 0.3) is 0 Å². The maximum Gasteiger partial charge on any atom is 0.338 e. The standard InChI is InChI=1S/C37H46N4O14/c1-19(16-42)41-24-15-26(25(14-23(24)33(47)48)53-18-40-36(38)39-2)54-35-30(45)29(44)32(46)37(55-35)11-9-21-22(34(49)52-17-37)13-27(28(43)31(21)50-3)51-12-10-20-7-5-4-6-8-20/h4-8,13-15,19,29-30,32,35,41-46H,9-12,16-18H2,1-3H3,(H,47,48)(H3,38,39,40)/t19-,29-,30-,32+,35-,37-/m1/s1. The first-order valence-corrected chi connectivity index (χ1v) is 17.3. The number of esters is 1. The molecule has 0 radical (unpaired) electrons. The molecule has 55 heavy (non-hydrogen) atoms. The SMILES string of the molecule is CN=C(N)NCOc1cc(C(=O)O)c(N[C@H](C)CO)cc1O[C@@H]1O[C@@]2(CCc3c(cc(OCCc4ccccc4)c(O)c3OC)C(=O)OC2)[C@@H](O)[C@H](O)[C@H]1O. The van der Waals surface area contributed by atoms with Crippen LogP contribution in [0.15, 0.2) is 53.5 Å². The van der Waals surface area contributed by atoms with E-state index in [9.17, 15) is 40.2 Å². The van der Waals surface area contributed by atoms with Gasteiger partial charge in [0, 0.05) is 37.2 Å². The minimum Gasteiger partial charge on any atom is -0.502 e. The van der Waals surface area contributed by atoms with Crippen LogP contribution in [0.5, 0.6) is 28.7 Å². The summed E-state index contributed by atoms with van der Waals surface area (Å²) in [6.07, 6.45) is -7.04. The number of aromatic hydroxyl groups is 1. The molecule has 298 valence electrons. The molecule has 0 aromatic heterocycles. The van der Waals surface area contributed by atoms with E-state index < -0.39 is 54.8 Å². The fraction of sp³-hybridized carbons (Fsp3) is 0.432. The van der Waals surface area contributed by atoms with Crippen LogP contribution in [0.4, 0.5) is 5.69 Å². The first-order valence-electron chi connectivity index (χ1n) is 17.3. The van der Waals surface area contributed by atoms with Crippen molar-refractivity contribution in [1.29, 1.82) is 0 Å². The number of cyclic esters (lactones) is 1. The maximum absolute atomic E-state index is 13.6. The van der Waals surface area contributed by atoms with E-state index in [0.717, 1.165) is 11.6 Å². The van der Waals surface area contributed by atoms with Gasteiger partial charge in [0.1, 0.15) is 30.5 Å². The number of carbonyl (C=O) groups is 2. The van der Waals surface area contributed by atoms with Crippen LogP contribution in [0, 0.1) is 0 Å². The number of aliphatic hydroxyl groups excluding tert-OH is 4. The molecule has 5 rings (SSSR count). The molecule has 10 N–H and O–H groups in total. The number of anilines is 1. The van der Waals surface area contributed by atoms with Gasteiger partial charge in [0.05, 0.1) is 37.1 Å². The smallest absolute Gasteiger partial charge is 0.338 e. The fourth-order valence-corrected chi connectivity index (χ4v) is 6.24. The van der Waals surface area contributed by atoms with E-state index in [0.29, 0.717) is 6.42 Å². The average molecular weight is 771 g/mol. The minimum absolute atomic E-state index is 0.00576. The van der Waals surface area contributed by atoms with E-state index >= 15 is 0 Å². The molecule has 0 saturated carbocycles. The van der Waals surface area contributed by atoms with Crippen molar-refractivity contribution < 1.29 is 68.6 Å². The van der Waals surface area contributed by atoms with Crippen molar-refractivity contribution in [2.45, 2.75) is 62.4 Å². The topological polar surface area (TPSA) is 273 Å². The molecule has 18 heteroatoms. The lowest BCUT2D eigenvalue weighted by atomic mass is 9.81. The molecular weight excluding hydrogens is 724 g/mol. The van der Waals surface area contributed by atoms with E-state index in [2.05, 4.69) is 15.6 Å². The zero-order chi connectivity index (χ0) is 39.9. The number of aliphatic imine (C=N–C) groups is 1. The van der Waals surface area contributed by atoms with Gasteiger partial charge >= 0.3 is 11.9 Å². The monoisotopic (exact) mass is 770 g/mol. The Kier molecular flexibility index (Phi) is 13.1. The van der Waals surface area contributed by atoms with E-state index in [1.165, 1.54) is 26.3 Å². The second-order valence-electron chi connectivity index (χ2n) is 13.0. The number of nitrogens with zero attached hydrogens (tertiary/aromatic N) is 1. The van der Waals surface area contributed by atoms with Gasteiger partial charge < -0.3 is 75.4 Å². The van der Waals surface area contributed by atoms with E-state index in [1.807, 2.05) is 30.3 Å². The lowest BCUT2D eigenvalue weighted by Gasteiger charge is -2.48. The Labute approximate surface area is 316 Å². The molecule has 1 fully saturated rings. The fourth-order valence-electron chi connectivity index (χ4n) is 6.24. The average Bonchev–Trinajstić information content (AvgIpc) is 3.17. The number of nitrogens with two attached hydrogens (primary N) is 1. The van der Waals surface area contributed by atoms with E-state index in [-0.39, 0.29) is 89.9 Å². The number of ether oxygens (including phenoxy) is 6. The van der Waals surface area contributed by atoms with Crippen LogP contribution < -0.4 is 35.3 Å².